The fraction of sp³-hybridized carbons (Fsp3) is 0.937. The third-order valence-electron chi connectivity index (χ3n) is 14.8. The highest BCUT2D eigenvalue weighted by Gasteiger charge is 2.20. The molecule has 0 fully saturated rings. The van der Waals surface area contributed by atoms with E-state index in [2.05, 4.69) is 63.7 Å². The molecule has 0 spiro atoms. The molecule has 0 bridgehead atoms. The molecule has 0 amide bonds. The lowest BCUT2D eigenvalue weighted by atomic mass is 9.94. The Bertz CT molecular complexity index is 1060. The predicted molar refractivity (Wildman–Crippen MR) is 303 cm³/mol. The predicted octanol–water partition coefficient (Wildman–Crippen LogP) is 19.4. The zero-order valence-electron chi connectivity index (χ0n) is 47.9. The van der Waals surface area contributed by atoms with E-state index in [9.17, 15) is 9.59 Å². The summed E-state index contributed by atoms with van der Waals surface area (Å²) in [5.74, 6) is 0.285. The van der Waals surface area contributed by atoms with Crippen LogP contribution in [0.1, 0.15) is 317 Å². The third-order valence-corrected chi connectivity index (χ3v) is 14.8. The second-order valence-electron chi connectivity index (χ2n) is 22.0. The maximum absolute atomic E-state index is 13.2. The van der Waals surface area contributed by atoms with E-state index >= 15 is 0 Å². The minimum absolute atomic E-state index is 0.0300. The Labute approximate surface area is 433 Å². The first kappa shape index (κ1) is 67.6. The van der Waals surface area contributed by atoms with Crippen molar-refractivity contribution in [2.45, 2.75) is 317 Å². The molecule has 0 aromatic carbocycles. The topological polar surface area (TPSA) is 59.1 Å². The lowest BCUT2D eigenvalue weighted by Gasteiger charge is -2.23. The number of allylic oxidation sites excluding steroid dienone is 2. The van der Waals surface area contributed by atoms with Crippen LogP contribution in [0.3, 0.4) is 0 Å². The molecule has 0 aliphatic carbocycles. The number of hydrogen-bond donors (Lipinski definition) is 0. The molecule has 0 aliphatic heterocycles. The molecular weight excluding hydrogens is 849 g/mol. The van der Waals surface area contributed by atoms with E-state index in [-0.39, 0.29) is 23.8 Å². The van der Waals surface area contributed by atoms with E-state index in [0.29, 0.717) is 13.2 Å². The van der Waals surface area contributed by atoms with Crippen LogP contribution in [0.5, 0.6) is 0 Å². The van der Waals surface area contributed by atoms with E-state index in [4.69, 9.17) is 9.47 Å². The molecule has 0 radical (unpaired) electrons. The summed E-state index contributed by atoms with van der Waals surface area (Å²) in [5.41, 5.74) is 0. The summed E-state index contributed by atoms with van der Waals surface area (Å²) >= 11 is 0. The normalized spacial score (nSPS) is 12.8. The van der Waals surface area contributed by atoms with Crippen LogP contribution in [0.15, 0.2) is 12.2 Å². The second-order valence-corrected chi connectivity index (χ2v) is 22.0. The van der Waals surface area contributed by atoms with Crippen LogP contribution in [0.25, 0.3) is 0 Å². The van der Waals surface area contributed by atoms with Gasteiger partial charge in [0.1, 0.15) is 0 Å². The Balaban J connectivity index is 4.34. The maximum Gasteiger partial charge on any atom is 0.309 e. The van der Waals surface area contributed by atoms with E-state index in [1.807, 2.05) is 0 Å². The van der Waals surface area contributed by atoms with Gasteiger partial charge in [-0.3, -0.25) is 9.59 Å². The van der Waals surface area contributed by atoms with Crippen molar-refractivity contribution in [1.29, 1.82) is 0 Å². The standard InChI is InChI=1S/C63H124N2O4/c1-7-11-15-19-23-27-35-43-52-60(50-41-33-21-17-13-9-3)62(66)68-58-47-39-31-25-29-37-45-55-65(57-49-54-64(5)6)56-46-38-30-26-32-40-48-59-69-63(67)61(51-42-34-22-18-14-10-4)53-44-36-28-24-20-16-12-8-2/h35,43,60-61H,7-34,36-42,44-59H2,1-6H3/b43-35+. The number of carbonyl (C=O) groups excluding carboxylic acids is 2. The smallest absolute Gasteiger partial charge is 0.309 e. The summed E-state index contributed by atoms with van der Waals surface area (Å²) < 4.78 is 11.8. The fourth-order valence-electron chi connectivity index (χ4n) is 9.99. The molecule has 6 heteroatoms. The fourth-order valence-corrected chi connectivity index (χ4v) is 9.99. The van der Waals surface area contributed by atoms with Crippen LogP contribution in [0.4, 0.5) is 0 Å². The van der Waals surface area contributed by atoms with Gasteiger partial charge < -0.3 is 19.3 Å². The molecule has 0 heterocycles. The van der Waals surface area contributed by atoms with Gasteiger partial charge in [-0.15, -0.1) is 0 Å². The first-order valence-electron chi connectivity index (χ1n) is 31.2. The van der Waals surface area contributed by atoms with Crippen molar-refractivity contribution >= 4 is 11.9 Å². The van der Waals surface area contributed by atoms with E-state index in [0.717, 1.165) is 64.3 Å². The van der Waals surface area contributed by atoms with Crippen LogP contribution >= 0.6 is 0 Å². The van der Waals surface area contributed by atoms with E-state index in [1.54, 1.807) is 0 Å². The van der Waals surface area contributed by atoms with Gasteiger partial charge in [0.2, 0.25) is 0 Å². The quantitative estimate of drug-likeness (QED) is 0.0344. The number of carbonyl (C=O) groups is 2. The summed E-state index contributed by atoms with van der Waals surface area (Å²) in [6, 6.07) is 0. The largest absolute Gasteiger partial charge is 0.465 e. The summed E-state index contributed by atoms with van der Waals surface area (Å²) in [4.78, 5) is 31.3. The highest BCUT2D eigenvalue weighted by Crippen LogP contribution is 2.23. The number of esters is 2. The molecule has 0 N–H and O–H groups in total. The van der Waals surface area contributed by atoms with Crippen molar-refractivity contribution < 1.29 is 19.1 Å². The number of rotatable bonds is 57. The summed E-state index contributed by atoms with van der Waals surface area (Å²) in [7, 11) is 4.38. The molecule has 0 aliphatic rings. The molecule has 6 nitrogen and oxygen atoms in total. The van der Waals surface area contributed by atoms with Gasteiger partial charge in [-0.05, 0) is 111 Å². The van der Waals surface area contributed by atoms with Crippen LogP contribution in [0, 0.1) is 11.8 Å². The van der Waals surface area contributed by atoms with Crippen molar-refractivity contribution in [1.82, 2.24) is 9.80 Å². The molecule has 0 saturated heterocycles. The third kappa shape index (κ3) is 49.9. The van der Waals surface area contributed by atoms with Crippen LogP contribution < -0.4 is 0 Å². The lowest BCUT2D eigenvalue weighted by Crippen LogP contribution is -2.29. The van der Waals surface area contributed by atoms with E-state index < -0.39 is 0 Å². The van der Waals surface area contributed by atoms with Crippen molar-refractivity contribution in [3.05, 3.63) is 12.2 Å². The van der Waals surface area contributed by atoms with Crippen LogP contribution in [-0.2, 0) is 19.1 Å². The van der Waals surface area contributed by atoms with Crippen molar-refractivity contribution in [2.24, 2.45) is 11.8 Å². The summed E-state index contributed by atoms with van der Waals surface area (Å²) in [5, 5.41) is 0. The molecule has 410 valence electrons. The van der Waals surface area contributed by atoms with Gasteiger partial charge in [0.15, 0.2) is 0 Å². The minimum atomic E-state index is 0.0300. The van der Waals surface area contributed by atoms with Crippen molar-refractivity contribution in [3.63, 3.8) is 0 Å². The van der Waals surface area contributed by atoms with Gasteiger partial charge in [-0.2, -0.15) is 0 Å². The summed E-state index contributed by atoms with van der Waals surface area (Å²) in [6.07, 6.45) is 60.6. The zero-order chi connectivity index (χ0) is 50.4. The molecule has 2 atom stereocenters. The average molecular weight is 974 g/mol. The average Bonchev–Trinajstić information content (AvgIpc) is 3.34. The Kier molecular flexibility index (Phi) is 54.8. The molecule has 69 heavy (non-hydrogen) atoms. The molecule has 0 aromatic rings. The highest BCUT2D eigenvalue weighted by atomic mass is 16.5. The van der Waals surface area contributed by atoms with Gasteiger partial charge in [-0.1, -0.05) is 258 Å². The Morgan fingerprint density at radius 1 is 0.348 bits per heavy atom. The molecule has 0 saturated carbocycles. The lowest BCUT2D eigenvalue weighted by molar-refractivity contribution is -0.150. The highest BCUT2D eigenvalue weighted by molar-refractivity contribution is 5.72. The van der Waals surface area contributed by atoms with Gasteiger partial charge >= 0.3 is 11.9 Å². The van der Waals surface area contributed by atoms with Gasteiger partial charge in [0.05, 0.1) is 25.0 Å². The first-order chi connectivity index (χ1) is 33.9. The number of nitrogens with zero attached hydrogens (tertiary/aromatic N) is 2. The van der Waals surface area contributed by atoms with Gasteiger partial charge in [0, 0.05) is 0 Å². The van der Waals surface area contributed by atoms with Crippen molar-refractivity contribution in [3.8, 4) is 0 Å². The zero-order valence-corrected chi connectivity index (χ0v) is 47.9. The van der Waals surface area contributed by atoms with Crippen molar-refractivity contribution in [2.75, 3.05) is 53.5 Å². The Hall–Kier alpha value is -1.40. The van der Waals surface area contributed by atoms with Gasteiger partial charge in [0.25, 0.3) is 0 Å². The van der Waals surface area contributed by atoms with Crippen LogP contribution in [-0.4, -0.2) is 75.2 Å². The second kappa shape index (κ2) is 55.9. The molecule has 0 rings (SSSR count). The minimum Gasteiger partial charge on any atom is -0.465 e. The SMILES string of the molecule is CCCCCCC/C=C/CC(CCCCCCCC)C(=O)OCCCCCCCCCN(CCCCCCCCCOC(=O)C(CCCCCCCC)CCCCCCCCCC)CCCN(C)C. The summed E-state index contributed by atoms with van der Waals surface area (Å²) in [6.45, 7) is 15.1. The van der Waals surface area contributed by atoms with Crippen LogP contribution in [0.2, 0.25) is 0 Å². The first-order valence-corrected chi connectivity index (χ1v) is 31.2. The van der Waals surface area contributed by atoms with E-state index in [1.165, 1.54) is 251 Å². The number of ether oxygens (including phenoxy) is 2. The monoisotopic (exact) mass is 973 g/mol. The Morgan fingerprint density at radius 2 is 0.667 bits per heavy atom. The van der Waals surface area contributed by atoms with Gasteiger partial charge in [-0.25, -0.2) is 0 Å². The maximum atomic E-state index is 13.2. The molecule has 2 unspecified atom stereocenters. The molecule has 0 aromatic heterocycles. The molecular formula is C63H124N2O4. The Morgan fingerprint density at radius 3 is 1.07 bits per heavy atom. The number of unbranched alkanes of at least 4 members (excludes halogenated alkanes) is 34. The number of hydrogen-bond acceptors (Lipinski definition) is 6.